The van der Waals surface area contributed by atoms with Crippen molar-refractivity contribution >= 4 is 23.9 Å². The summed E-state index contributed by atoms with van der Waals surface area (Å²) in [6.07, 6.45) is 2.33. The number of carboxylic acid groups (broad SMARTS) is 4. The summed E-state index contributed by atoms with van der Waals surface area (Å²) in [5.74, 6) is -3.21. The van der Waals surface area contributed by atoms with Crippen LogP contribution < -0.4 is 22.5 Å². The molecule has 1 aliphatic rings. The maximum absolute atomic E-state index is 10.1. The number of hydrogen-bond donors (Lipinski definition) is 8. The van der Waals surface area contributed by atoms with Gasteiger partial charge in [-0.2, -0.15) is 0 Å². The van der Waals surface area contributed by atoms with E-state index in [2.05, 4.69) is 16.8 Å². The molecule has 1 rings (SSSR count). The number of rotatable bonds is 6. The molecule has 12 heteroatoms. The molecule has 0 spiro atoms. The van der Waals surface area contributed by atoms with Crippen LogP contribution in [0.25, 0.3) is 0 Å². The quantitative estimate of drug-likeness (QED) is 0.251. The maximum Gasteiger partial charge on any atom is 0.320 e. The number of carboxylic acids is 4. The second kappa shape index (κ2) is 18.5. The Kier molecular flexibility index (Phi) is 20.2. The van der Waals surface area contributed by atoms with Crippen molar-refractivity contribution in [3.8, 4) is 0 Å². The molecule has 1 aliphatic heterocycles. The van der Waals surface area contributed by atoms with Gasteiger partial charge in [0.2, 0.25) is 0 Å². The first kappa shape index (κ1) is 29.5. The van der Waals surface area contributed by atoms with Crippen molar-refractivity contribution in [3.63, 3.8) is 0 Å². The largest absolute Gasteiger partial charge is 0.480 e. The van der Waals surface area contributed by atoms with E-state index in [1.54, 1.807) is 0 Å². The van der Waals surface area contributed by atoms with Gasteiger partial charge in [0, 0.05) is 0 Å². The van der Waals surface area contributed by atoms with Gasteiger partial charge in [0.05, 0.1) is 13.1 Å². The van der Waals surface area contributed by atoms with Gasteiger partial charge < -0.3 is 42.9 Å². The third-order valence-electron chi connectivity index (χ3n) is 2.75. The second-order valence-corrected chi connectivity index (χ2v) is 5.76. The molecule has 11 N–H and O–H groups in total. The van der Waals surface area contributed by atoms with Gasteiger partial charge >= 0.3 is 23.9 Å². The lowest BCUT2D eigenvalue weighted by molar-refractivity contribution is -0.139. The zero-order chi connectivity index (χ0) is 22.0. The van der Waals surface area contributed by atoms with E-state index in [1.807, 2.05) is 13.8 Å². The van der Waals surface area contributed by atoms with Gasteiger partial charge in [-0.15, -0.1) is 0 Å². The Bertz CT molecular complexity index is 426. The van der Waals surface area contributed by atoms with E-state index < -0.39 is 29.9 Å². The molecule has 0 radical (unpaired) electrons. The second-order valence-electron chi connectivity index (χ2n) is 5.76. The van der Waals surface area contributed by atoms with E-state index in [9.17, 15) is 19.2 Å². The molecule has 0 unspecified atom stereocenters. The van der Waals surface area contributed by atoms with Gasteiger partial charge in [0.15, 0.2) is 0 Å². The fraction of sp³-hybridized carbons (Fsp3) is 0.733. The molecular weight excluding hydrogens is 364 g/mol. The summed E-state index contributed by atoms with van der Waals surface area (Å²) < 4.78 is 0. The lowest BCUT2D eigenvalue weighted by Crippen LogP contribution is -2.31. The molecule has 0 amide bonds. The lowest BCUT2D eigenvalue weighted by Gasteiger charge is -2.07. The zero-order valence-electron chi connectivity index (χ0n) is 15.6. The molecule has 0 aromatic carbocycles. The molecule has 0 aliphatic carbocycles. The van der Waals surface area contributed by atoms with Gasteiger partial charge in [0.25, 0.3) is 0 Å². The van der Waals surface area contributed by atoms with Crippen LogP contribution in [0.4, 0.5) is 0 Å². The third-order valence-corrected chi connectivity index (χ3v) is 2.75. The van der Waals surface area contributed by atoms with Crippen LogP contribution in [0.1, 0.15) is 33.1 Å². The van der Waals surface area contributed by atoms with E-state index in [-0.39, 0.29) is 19.1 Å². The highest BCUT2D eigenvalue weighted by Crippen LogP contribution is 2.03. The first-order valence-corrected chi connectivity index (χ1v) is 8.17. The molecule has 0 aromatic heterocycles. The van der Waals surface area contributed by atoms with Crippen molar-refractivity contribution in [1.82, 2.24) is 5.32 Å². The van der Waals surface area contributed by atoms with Crippen molar-refractivity contribution in [2.75, 3.05) is 19.6 Å². The van der Waals surface area contributed by atoms with Crippen LogP contribution in [0, 0.1) is 5.92 Å². The summed E-state index contributed by atoms with van der Waals surface area (Å²) in [7, 11) is 0. The predicted octanol–water partition coefficient (Wildman–Crippen LogP) is -1.67. The SMILES string of the molecule is CC(C)C[C@H](N)C(=O)O.NCC(=O)O.NCC(=O)O.O=C(O)[C@@H]1CCCN1. The standard InChI is InChI=1S/C6H13NO2.C5H9NO2.2C2H5NO2/c1-4(2)3-5(7)6(8)9;7-5(8)4-2-1-3-6-4;2*3-1-2(4)5/h4-5H,3,7H2,1-2H3,(H,8,9);4,6H,1-3H2,(H,7,8);2*1,3H2,(H,4,5)/t5-;4-;;/m00../s1. The molecule has 2 atom stereocenters. The van der Waals surface area contributed by atoms with Crippen LogP contribution in [0.15, 0.2) is 0 Å². The molecule has 12 nitrogen and oxygen atoms in total. The smallest absolute Gasteiger partial charge is 0.320 e. The maximum atomic E-state index is 10.1. The highest BCUT2D eigenvalue weighted by molar-refractivity contribution is 5.73. The molecule has 0 saturated carbocycles. The van der Waals surface area contributed by atoms with Crippen molar-refractivity contribution in [3.05, 3.63) is 0 Å². The third kappa shape index (κ3) is 26.1. The van der Waals surface area contributed by atoms with Crippen LogP contribution >= 0.6 is 0 Å². The van der Waals surface area contributed by atoms with Crippen LogP contribution in [-0.4, -0.2) is 76.0 Å². The normalized spacial score (nSPS) is 15.7. The summed E-state index contributed by atoms with van der Waals surface area (Å²) in [5.41, 5.74) is 14.4. The molecule has 1 fully saturated rings. The molecule has 1 heterocycles. The molecule has 160 valence electrons. The molecule has 0 bridgehead atoms. The van der Waals surface area contributed by atoms with E-state index >= 15 is 0 Å². The first-order chi connectivity index (χ1) is 12.4. The van der Waals surface area contributed by atoms with Gasteiger partial charge in [-0.3, -0.25) is 19.2 Å². The Morgan fingerprint density at radius 1 is 1.00 bits per heavy atom. The Labute approximate surface area is 157 Å². The van der Waals surface area contributed by atoms with E-state index in [1.165, 1.54) is 0 Å². The number of carbonyl (C=O) groups is 4. The van der Waals surface area contributed by atoms with Gasteiger partial charge in [-0.25, -0.2) is 0 Å². The fourth-order valence-corrected chi connectivity index (χ4v) is 1.50. The monoisotopic (exact) mass is 396 g/mol. The van der Waals surface area contributed by atoms with Crippen molar-refractivity contribution in [1.29, 1.82) is 0 Å². The number of aliphatic carboxylic acids is 4. The summed E-state index contributed by atoms with van der Waals surface area (Å²) in [5, 5.41) is 34.7. The summed E-state index contributed by atoms with van der Waals surface area (Å²) in [6.45, 7) is 4.20. The Morgan fingerprint density at radius 2 is 1.41 bits per heavy atom. The minimum Gasteiger partial charge on any atom is -0.480 e. The van der Waals surface area contributed by atoms with Crippen LogP contribution in [0.2, 0.25) is 0 Å². The molecular formula is C15H32N4O8. The average molecular weight is 396 g/mol. The molecule has 27 heavy (non-hydrogen) atoms. The van der Waals surface area contributed by atoms with E-state index in [0.29, 0.717) is 12.3 Å². The van der Waals surface area contributed by atoms with Crippen molar-refractivity contribution in [2.24, 2.45) is 23.1 Å². The number of hydrogen-bond acceptors (Lipinski definition) is 8. The van der Waals surface area contributed by atoms with Crippen LogP contribution in [-0.2, 0) is 19.2 Å². The number of nitrogens with one attached hydrogen (secondary N) is 1. The van der Waals surface area contributed by atoms with Gasteiger partial charge in [-0.05, 0) is 31.7 Å². The van der Waals surface area contributed by atoms with Crippen molar-refractivity contribution in [2.45, 2.75) is 45.2 Å². The molecule has 1 saturated heterocycles. The lowest BCUT2D eigenvalue weighted by atomic mass is 10.1. The zero-order valence-corrected chi connectivity index (χ0v) is 15.6. The Morgan fingerprint density at radius 3 is 1.52 bits per heavy atom. The Hall–Kier alpha value is -2.28. The van der Waals surface area contributed by atoms with E-state index in [4.69, 9.17) is 26.2 Å². The van der Waals surface area contributed by atoms with Crippen LogP contribution in [0.5, 0.6) is 0 Å². The minimum atomic E-state index is -0.968. The van der Waals surface area contributed by atoms with E-state index in [0.717, 1.165) is 19.4 Å². The first-order valence-electron chi connectivity index (χ1n) is 8.17. The Balaban J connectivity index is -0.000000295. The highest BCUT2D eigenvalue weighted by Gasteiger charge is 2.20. The summed E-state index contributed by atoms with van der Waals surface area (Å²) in [4.78, 5) is 38.7. The van der Waals surface area contributed by atoms with Crippen LogP contribution in [0.3, 0.4) is 0 Å². The van der Waals surface area contributed by atoms with Gasteiger partial charge in [-0.1, -0.05) is 13.8 Å². The summed E-state index contributed by atoms with van der Waals surface area (Å²) >= 11 is 0. The topological polar surface area (TPSA) is 239 Å². The minimum absolute atomic E-state index is 0.269. The molecule has 0 aromatic rings. The summed E-state index contributed by atoms with van der Waals surface area (Å²) in [6, 6.07) is -0.958. The predicted molar refractivity (Wildman–Crippen MR) is 97.1 cm³/mol. The highest BCUT2D eigenvalue weighted by atomic mass is 16.4. The van der Waals surface area contributed by atoms with Crippen molar-refractivity contribution < 1.29 is 39.6 Å². The number of nitrogens with two attached hydrogens (primary N) is 3. The van der Waals surface area contributed by atoms with Gasteiger partial charge in [0.1, 0.15) is 12.1 Å². The fourth-order valence-electron chi connectivity index (χ4n) is 1.50. The average Bonchev–Trinajstić information content (AvgIpc) is 3.10.